The van der Waals surface area contributed by atoms with Gasteiger partial charge in [-0.15, -0.1) is 12.6 Å². The average Bonchev–Trinajstić information content (AvgIpc) is 3.10. The molecule has 86 valence electrons. The van der Waals surface area contributed by atoms with Gasteiger partial charge in [0.25, 0.3) is 0 Å². The number of hydrogen-bond acceptors (Lipinski definition) is 7. The lowest BCUT2D eigenvalue weighted by Crippen LogP contribution is -2.44. The molecule has 0 aliphatic carbocycles. The van der Waals surface area contributed by atoms with E-state index in [0.717, 1.165) is 0 Å². The van der Waals surface area contributed by atoms with E-state index in [1.165, 1.54) is 52.0 Å². The second-order valence-corrected chi connectivity index (χ2v) is 3.72. The molecule has 0 amide bonds. The molecular weight excluding hydrogens is 242 g/mol. The summed E-state index contributed by atoms with van der Waals surface area (Å²) in [6, 6.07) is 0. The zero-order valence-corrected chi connectivity index (χ0v) is 9.33. The van der Waals surface area contributed by atoms with Crippen molar-refractivity contribution in [2.24, 2.45) is 0 Å². The molecule has 0 fully saturated rings. The molecule has 3 heterocycles. The number of nitrogens with zero attached hydrogens (tertiary/aromatic N) is 9. The first-order valence-electron chi connectivity index (χ1n) is 4.59. The van der Waals surface area contributed by atoms with Gasteiger partial charge in [-0.1, -0.05) is 0 Å². The molecule has 0 saturated heterocycles. The van der Waals surface area contributed by atoms with E-state index in [1.807, 2.05) is 0 Å². The smallest absolute Gasteiger partial charge is 0.223 e. The van der Waals surface area contributed by atoms with Crippen LogP contribution in [0.15, 0.2) is 38.0 Å². The Morgan fingerprint density at radius 1 is 0.706 bits per heavy atom. The Balaban J connectivity index is 2.21. The fourth-order valence-electron chi connectivity index (χ4n) is 1.40. The summed E-state index contributed by atoms with van der Waals surface area (Å²) in [5, 5.41) is 11.0. The summed E-state index contributed by atoms with van der Waals surface area (Å²) in [5.74, 6) is 0. The summed E-state index contributed by atoms with van der Waals surface area (Å²) in [7, 11) is 0. The van der Waals surface area contributed by atoms with Crippen molar-refractivity contribution >= 4 is 12.6 Å². The summed E-state index contributed by atoms with van der Waals surface area (Å²) in [5.41, 5.74) is 0. The highest BCUT2D eigenvalue weighted by Crippen LogP contribution is 2.22. The van der Waals surface area contributed by atoms with E-state index in [0.29, 0.717) is 0 Å². The minimum absolute atomic E-state index is 1.11. The molecule has 3 rings (SSSR count). The Morgan fingerprint density at radius 3 is 1.29 bits per heavy atom. The van der Waals surface area contributed by atoms with Gasteiger partial charge in [-0.2, -0.15) is 29.3 Å². The summed E-state index contributed by atoms with van der Waals surface area (Å²) >= 11 is 4.57. The number of rotatable bonds is 3. The van der Waals surface area contributed by atoms with Crippen LogP contribution in [0.5, 0.6) is 0 Å². The van der Waals surface area contributed by atoms with Gasteiger partial charge < -0.3 is 0 Å². The Labute approximate surface area is 101 Å². The maximum atomic E-state index is 4.57. The second-order valence-electron chi connectivity index (χ2n) is 3.12. The molecule has 0 aliphatic rings. The van der Waals surface area contributed by atoms with Gasteiger partial charge in [0.1, 0.15) is 38.0 Å². The third-order valence-corrected chi connectivity index (χ3v) is 2.79. The molecule has 3 aromatic rings. The second kappa shape index (κ2) is 3.66. The Hall–Kier alpha value is -2.23. The summed E-state index contributed by atoms with van der Waals surface area (Å²) in [4.78, 5) is 11.7. The molecular formula is C7H7N9S. The van der Waals surface area contributed by atoms with Crippen molar-refractivity contribution < 1.29 is 0 Å². The van der Waals surface area contributed by atoms with Crippen molar-refractivity contribution in [1.82, 2.24) is 44.3 Å². The van der Waals surface area contributed by atoms with Crippen LogP contribution in [-0.4, -0.2) is 44.3 Å². The summed E-state index contributed by atoms with van der Waals surface area (Å²) < 4.78 is 4.46. The highest BCUT2D eigenvalue weighted by molar-refractivity contribution is 7.81. The molecule has 0 spiro atoms. The van der Waals surface area contributed by atoms with E-state index in [2.05, 4.69) is 42.9 Å². The van der Waals surface area contributed by atoms with Gasteiger partial charge >= 0.3 is 5.12 Å². The van der Waals surface area contributed by atoms with Gasteiger partial charge in [-0.3, -0.25) is 0 Å². The quantitative estimate of drug-likeness (QED) is 0.602. The van der Waals surface area contributed by atoms with Crippen LogP contribution >= 0.6 is 12.6 Å². The molecule has 3 aromatic heterocycles. The van der Waals surface area contributed by atoms with Crippen molar-refractivity contribution in [3.8, 4) is 0 Å². The Kier molecular flexibility index (Phi) is 2.14. The third kappa shape index (κ3) is 1.41. The predicted octanol–water partition coefficient (Wildman–Crippen LogP) is -0.945. The standard InChI is InChI=1S/C7H7N9S/c17-7(14-4-8-1-11-14,15-5-9-2-12-15)16-6-10-3-13-16/h1-6,17H. The van der Waals surface area contributed by atoms with E-state index in [1.54, 1.807) is 0 Å². The van der Waals surface area contributed by atoms with Crippen LogP contribution in [0.2, 0.25) is 0 Å². The number of hydrogen-bond donors (Lipinski definition) is 1. The monoisotopic (exact) mass is 249 g/mol. The molecule has 0 aromatic carbocycles. The van der Waals surface area contributed by atoms with Crippen LogP contribution in [-0.2, 0) is 5.12 Å². The Bertz CT molecular complexity index is 485. The largest absolute Gasteiger partial charge is 0.301 e. The predicted molar refractivity (Wildman–Crippen MR) is 57.8 cm³/mol. The molecule has 0 saturated carbocycles. The van der Waals surface area contributed by atoms with Crippen LogP contribution in [0.3, 0.4) is 0 Å². The minimum Gasteiger partial charge on any atom is -0.223 e. The van der Waals surface area contributed by atoms with E-state index in [-0.39, 0.29) is 0 Å². The van der Waals surface area contributed by atoms with E-state index < -0.39 is 5.12 Å². The first-order chi connectivity index (χ1) is 8.32. The molecule has 0 atom stereocenters. The number of aromatic nitrogens is 9. The van der Waals surface area contributed by atoms with Crippen LogP contribution in [0.4, 0.5) is 0 Å². The fourth-order valence-corrected chi connectivity index (χ4v) is 1.71. The van der Waals surface area contributed by atoms with Gasteiger partial charge in [0.05, 0.1) is 0 Å². The Morgan fingerprint density at radius 2 is 1.06 bits per heavy atom. The third-order valence-electron chi connectivity index (χ3n) is 2.18. The average molecular weight is 249 g/mol. The van der Waals surface area contributed by atoms with Gasteiger partial charge in [0.15, 0.2) is 0 Å². The zero-order valence-electron chi connectivity index (χ0n) is 8.44. The minimum atomic E-state index is -1.11. The topological polar surface area (TPSA) is 92.1 Å². The normalized spacial score (nSPS) is 11.8. The molecule has 9 nitrogen and oxygen atoms in total. The lowest BCUT2D eigenvalue weighted by Gasteiger charge is -2.27. The highest BCUT2D eigenvalue weighted by atomic mass is 32.1. The van der Waals surface area contributed by atoms with Crippen molar-refractivity contribution in [1.29, 1.82) is 0 Å². The summed E-state index contributed by atoms with van der Waals surface area (Å²) in [6.07, 6.45) is 8.74. The molecule has 0 bridgehead atoms. The van der Waals surface area contributed by atoms with E-state index in [9.17, 15) is 0 Å². The molecule has 0 N–H and O–H groups in total. The molecule has 0 unspecified atom stereocenters. The van der Waals surface area contributed by atoms with Gasteiger partial charge in [0.2, 0.25) is 0 Å². The van der Waals surface area contributed by atoms with Crippen LogP contribution in [0.1, 0.15) is 0 Å². The fraction of sp³-hybridized carbons (Fsp3) is 0.143. The molecule has 17 heavy (non-hydrogen) atoms. The van der Waals surface area contributed by atoms with E-state index >= 15 is 0 Å². The first-order valence-corrected chi connectivity index (χ1v) is 5.04. The molecule has 10 heteroatoms. The van der Waals surface area contributed by atoms with Crippen LogP contribution in [0, 0.1) is 0 Å². The lowest BCUT2D eigenvalue weighted by molar-refractivity contribution is 0.238. The maximum Gasteiger partial charge on any atom is 0.301 e. The van der Waals surface area contributed by atoms with Gasteiger partial charge in [-0.25, -0.2) is 15.0 Å². The van der Waals surface area contributed by atoms with Crippen LogP contribution < -0.4 is 0 Å². The van der Waals surface area contributed by atoms with Gasteiger partial charge in [-0.05, 0) is 0 Å². The summed E-state index contributed by atoms with van der Waals surface area (Å²) in [6.45, 7) is 0. The van der Waals surface area contributed by atoms with Crippen molar-refractivity contribution in [3.63, 3.8) is 0 Å². The maximum absolute atomic E-state index is 4.57. The SMILES string of the molecule is SC(n1cncn1)(n1cncn1)n1cncn1. The molecule has 0 radical (unpaired) electrons. The number of thiol groups is 1. The van der Waals surface area contributed by atoms with E-state index in [4.69, 9.17) is 0 Å². The first kappa shape index (κ1) is 9.96. The van der Waals surface area contributed by atoms with Crippen LogP contribution in [0.25, 0.3) is 0 Å². The molecule has 0 aliphatic heterocycles. The lowest BCUT2D eigenvalue weighted by atomic mass is 10.7. The van der Waals surface area contributed by atoms with Crippen molar-refractivity contribution in [3.05, 3.63) is 38.0 Å². The van der Waals surface area contributed by atoms with Crippen molar-refractivity contribution in [2.75, 3.05) is 0 Å². The van der Waals surface area contributed by atoms with Gasteiger partial charge in [0, 0.05) is 0 Å². The zero-order chi connectivity index (χ0) is 11.7. The highest BCUT2D eigenvalue weighted by Gasteiger charge is 2.35. The van der Waals surface area contributed by atoms with Crippen molar-refractivity contribution in [2.45, 2.75) is 5.12 Å².